The zero-order valence-corrected chi connectivity index (χ0v) is 17.3. The summed E-state index contributed by atoms with van der Waals surface area (Å²) in [4.78, 5) is 29.1. The molecule has 0 saturated carbocycles. The van der Waals surface area contributed by atoms with Crippen LogP contribution in [-0.4, -0.2) is 30.1 Å². The first kappa shape index (κ1) is 20.5. The number of esters is 1. The van der Waals surface area contributed by atoms with Crippen molar-refractivity contribution < 1.29 is 19.1 Å². The number of aryl methyl sites for hydroxylation is 1. The van der Waals surface area contributed by atoms with Crippen molar-refractivity contribution in [1.82, 2.24) is 4.98 Å². The molecule has 6 nitrogen and oxygen atoms in total. The summed E-state index contributed by atoms with van der Waals surface area (Å²) in [6.07, 6.45) is -0.0220. The molecule has 0 saturated heterocycles. The smallest absolute Gasteiger partial charge is 0.358 e. The summed E-state index contributed by atoms with van der Waals surface area (Å²) in [5.74, 6) is -0.563. The minimum atomic E-state index is -0.985. The number of aromatic nitrogens is 1. The van der Waals surface area contributed by atoms with Crippen LogP contribution in [0.25, 0.3) is 10.6 Å². The van der Waals surface area contributed by atoms with Gasteiger partial charge in [-0.3, -0.25) is 4.79 Å². The molecule has 150 valence electrons. The van der Waals surface area contributed by atoms with Gasteiger partial charge in [0.15, 0.2) is 11.8 Å². The summed E-state index contributed by atoms with van der Waals surface area (Å²) in [6, 6.07) is 15.1. The maximum atomic E-state index is 12.4. The Balaban J connectivity index is 1.63. The van der Waals surface area contributed by atoms with Gasteiger partial charge in [0, 0.05) is 10.9 Å². The maximum absolute atomic E-state index is 12.4. The number of rotatable bonds is 7. The van der Waals surface area contributed by atoms with Gasteiger partial charge in [-0.2, -0.15) is 0 Å². The van der Waals surface area contributed by atoms with Crippen LogP contribution >= 0.6 is 11.3 Å². The van der Waals surface area contributed by atoms with Gasteiger partial charge in [-0.1, -0.05) is 43.3 Å². The van der Waals surface area contributed by atoms with Crippen molar-refractivity contribution in [3.63, 3.8) is 0 Å². The standard InChI is InChI=1S/C22H22N2O4S/c1-4-15-9-11-16(12-10-15)21-24-18(13-29-21)22(26)28-14(2)20(25)23-17-7-5-6-8-19(17)27-3/h5-14H,4H2,1-3H3,(H,23,25)/t14-/m1/s1. The molecule has 0 aliphatic heterocycles. The third kappa shape index (κ3) is 5.00. The molecular formula is C22H22N2O4S. The van der Waals surface area contributed by atoms with E-state index in [2.05, 4.69) is 17.2 Å². The van der Waals surface area contributed by atoms with Crippen molar-refractivity contribution in [2.75, 3.05) is 12.4 Å². The van der Waals surface area contributed by atoms with E-state index < -0.39 is 18.0 Å². The van der Waals surface area contributed by atoms with Gasteiger partial charge in [0.25, 0.3) is 5.91 Å². The predicted molar refractivity (Wildman–Crippen MR) is 113 cm³/mol. The normalized spacial score (nSPS) is 11.6. The van der Waals surface area contributed by atoms with E-state index in [0.29, 0.717) is 11.4 Å². The van der Waals surface area contributed by atoms with E-state index in [4.69, 9.17) is 9.47 Å². The largest absolute Gasteiger partial charge is 0.495 e. The molecule has 1 N–H and O–H groups in total. The number of thiazole rings is 1. The topological polar surface area (TPSA) is 77.5 Å². The molecule has 0 spiro atoms. The molecule has 29 heavy (non-hydrogen) atoms. The van der Waals surface area contributed by atoms with Gasteiger partial charge in [-0.15, -0.1) is 11.3 Å². The average Bonchev–Trinajstić information content (AvgIpc) is 3.24. The van der Waals surface area contributed by atoms with Gasteiger partial charge in [-0.05, 0) is 31.0 Å². The van der Waals surface area contributed by atoms with Gasteiger partial charge < -0.3 is 14.8 Å². The van der Waals surface area contributed by atoms with Gasteiger partial charge in [0.2, 0.25) is 0 Å². The van der Waals surface area contributed by atoms with Crippen LogP contribution in [0.5, 0.6) is 5.75 Å². The first-order valence-electron chi connectivity index (χ1n) is 9.21. The van der Waals surface area contributed by atoms with Crippen LogP contribution in [0, 0.1) is 0 Å². The van der Waals surface area contributed by atoms with Crippen molar-refractivity contribution in [3.05, 3.63) is 65.2 Å². The van der Waals surface area contributed by atoms with E-state index in [9.17, 15) is 9.59 Å². The number of carbonyl (C=O) groups is 2. The van der Waals surface area contributed by atoms with E-state index in [0.717, 1.165) is 17.0 Å². The van der Waals surface area contributed by atoms with Crippen LogP contribution in [0.1, 0.15) is 29.9 Å². The van der Waals surface area contributed by atoms with Crippen molar-refractivity contribution >= 4 is 28.9 Å². The average molecular weight is 410 g/mol. The van der Waals surface area contributed by atoms with E-state index >= 15 is 0 Å². The lowest BCUT2D eigenvalue weighted by atomic mass is 10.1. The van der Waals surface area contributed by atoms with Crippen molar-refractivity contribution in [3.8, 4) is 16.3 Å². The summed E-state index contributed by atoms with van der Waals surface area (Å²) in [7, 11) is 1.52. The highest BCUT2D eigenvalue weighted by molar-refractivity contribution is 7.13. The van der Waals surface area contributed by atoms with E-state index in [1.54, 1.807) is 29.6 Å². The fourth-order valence-corrected chi connectivity index (χ4v) is 3.44. The lowest BCUT2D eigenvalue weighted by Gasteiger charge is -2.14. The fraction of sp³-hybridized carbons (Fsp3) is 0.227. The third-order valence-corrected chi connectivity index (χ3v) is 5.23. The van der Waals surface area contributed by atoms with Crippen LogP contribution < -0.4 is 10.1 Å². The van der Waals surface area contributed by atoms with Gasteiger partial charge in [-0.25, -0.2) is 9.78 Å². The molecule has 0 aliphatic carbocycles. The molecule has 0 radical (unpaired) electrons. The molecule has 1 heterocycles. The van der Waals surface area contributed by atoms with Crippen molar-refractivity contribution in [2.45, 2.75) is 26.4 Å². The highest BCUT2D eigenvalue weighted by atomic mass is 32.1. The molecule has 1 atom stereocenters. The van der Waals surface area contributed by atoms with Gasteiger partial charge >= 0.3 is 5.97 Å². The summed E-state index contributed by atoms with van der Waals surface area (Å²) in [5.41, 5.74) is 2.86. The molecule has 0 aliphatic rings. The van der Waals surface area contributed by atoms with E-state index in [-0.39, 0.29) is 5.69 Å². The number of nitrogens with one attached hydrogen (secondary N) is 1. The molecule has 7 heteroatoms. The highest BCUT2D eigenvalue weighted by Crippen LogP contribution is 2.25. The number of benzene rings is 2. The van der Waals surface area contributed by atoms with Crippen LogP contribution in [0.3, 0.4) is 0 Å². The quantitative estimate of drug-likeness (QED) is 0.578. The number of anilines is 1. The molecule has 2 aromatic carbocycles. The minimum Gasteiger partial charge on any atom is -0.495 e. The molecule has 0 bridgehead atoms. The molecule has 3 rings (SSSR count). The fourth-order valence-electron chi connectivity index (χ4n) is 2.64. The van der Waals surface area contributed by atoms with Gasteiger partial charge in [0.05, 0.1) is 12.8 Å². The Morgan fingerprint density at radius 3 is 2.55 bits per heavy atom. The molecule has 0 fully saturated rings. The molecule has 3 aromatic rings. The number of carbonyl (C=O) groups excluding carboxylic acids is 2. The van der Waals surface area contributed by atoms with Crippen LogP contribution in [0.2, 0.25) is 0 Å². The number of ether oxygens (including phenoxy) is 2. The maximum Gasteiger partial charge on any atom is 0.358 e. The monoisotopic (exact) mass is 410 g/mol. The number of hydrogen-bond donors (Lipinski definition) is 1. The minimum absolute atomic E-state index is 0.182. The zero-order valence-electron chi connectivity index (χ0n) is 16.5. The summed E-state index contributed by atoms with van der Waals surface area (Å²) in [5, 5.41) is 5.06. The summed E-state index contributed by atoms with van der Waals surface area (Å²) >= 11 is 1.36. The second-order valence-electron chi connectivity index (χ2n) is 6.33. The Kier molecular flexibility index (Phi) is 6.61. The van der Waals surface area contributed by atoms with Crippen molar-refractivity contribution in [2.24, 2.45) is 0 Å². The SMILES string of the molecule is CCc1ccc(-c2nc(C(=O)O[C@H](C)C(=O)Nc3ccccc3OC)cs2)cc1. The number of nitrogens with zero attached hydrogens (tertiary/aromatic N) is 1. The number of amides is 1. The second kappa shape index (κ2) is 9.34. The van der Waals surface area contributed by atoms with E-state index in [1.165, 1.54) is 30.9 Å². The Hall–Kier alpha value is -3.19. The van der Waals surface area contributed by atoms with Crippen molar-refractivity contribution in [1.29, 1.82) is 0 Å². The Morgan fingerprint density at radius 2 is 1.86 bits per heavy atom. The Morgan fingerprint density at radius 1 is 1.14 bits per heavy atom. The summed E-state index contributed by atoms with van der Waals surface area (Å²) < 4.78 is 10.5. The molecular weight excluding hydrogens is 388 g/mol. The Bertz CT molecular complexity index is 998. The lowest BCUT2D eigenvalue weighted by Crippen LogP contribution is -2.30. The summed E-state index contributed by atoms with van der Waals surface area (Å²) in [6.45, 7) is 3.61. The van der Waals surface area contributed by atoms with Gasteiger partial charge in [0.1, 0.15) is 10.8 Å². The number of para-hydroxylation sites is 2. The van der Waals surface area contributed by atoms with E-state index in [1.807, 2.05) is 24.3 Å². The van der Waals surface area contributed by atoms with Crippen LogP contribution in [-0.2, 0) is 16.0 Å². The zero-order chi connectivity index (χ0) is 20.8. The Labute approximate surface area is 173 Å². The van der Waals surface area contributed by atoms with Crippen LogP contribution in [0.4, 0.5) is 5.69 Å². The third-order valence-electron chi connectivity index (χ3n) is 4.34. The lowest BCUT2D eigenvalue weighted by molar-refractivity contribution is -0.123. The number of hydrogen-bond acceptors (Lipinski definition) is 6. The predicted octanol–water partition coefficient (Wildman–Crippen LogP) is 4.57. The first-order valence-corrected chi connectivity index (χ1v) is 10.1. The highest BCUT2D eigenvalue weighted by Gasteiger charge is 2.22. The molecule has 1 amide bonds. The molecule has 0 unspecified atom stereocenters. The first-order chi connectivity index (χ1) is 14.0. The number of methoxy groups -OCH3 is 1. The van der Waals surface area contributed by atoms with Crippen LogP contribution in [0.15, 0.2) is 53.9 Å². The molecule has 1 aromatic heterocycles. The second-order valence-corrected chi connectivity index (χ2v) is 7.18.